The van der Waals surface area contributed by atoms with E-state index in [0.717, 1.165) is 42.3 Å². The van der Waals surface area contributed by atoms with Crippen LogP contribution in [0.2, 0.25) is 0 Å². The van der Waals surface area contributed by atoms with Crippen molar-refractivity contribution in [2.24, 2.45) is 5.73 Å². The molecule has 1 aliphatic rings. The molecule has 3 N–H and O–H groups in total. The third-order valence-electron chi connectivity index (χ3n) is 4.69. The molecule has 132 valence electrons. The van der Waals surface area contributed by atoms with Crippen molar-refractivity contribution in [2.45, 2.75) is 39.3 Å². The van der Waals surface area contributed by atoms with E-state index in [-0.39, 0.29) is 11.9 Å². The number of anilines is 1. The zero-order valence-electron chi connectivity index (χ0n) is 14.9. The summed E-state index contributed by atoms with van der Waals surface area (Å²) in [5, 5.41) is 3.63. The third kappa shape index (κ3) is 3.76. The van der Waals surface area contributed by atoms with Crippen LogP contribution in [0.15, 0.2) is 24.4 Å². The van der Waals surface area contributed by atoms with E-state index in [1.165, 1.54) is 0 Å². The minimum atomic E-state index is -0.595. The van der Waals surface area contributed by atoms with Crippen molar-refractivity contribution >= 4 is 11.7 Å². The summed E-state index contributed by atoms with van der Waals surface area (Å²) in [6.45, 7) is 7.68. The highest BCUT2D eigenvalue weighted by Gasteiger charge is 2.27. The molecular weight excluding hydrogens is 316 g/mol. The number of nitrogens with two attached hydrogens (primary N) is 1. The molecule has 7 heteroatoms. The SMILES string of the molecule is Cc1nc(C(N)=O)nc(N2CC[C@@H](NC(C)c3ccccn3)C2)c1C. The van der Waals surface area contributed by atoms with Gasteiger partial charge in [0.2, 0.25) is 5.82 Å². The van der Waals surface area contributed by atoms with Gasteiger partial charge >= 0.3 is 0 Å². The molecule has 0 aliphatic carbocycles. The topological polar surface area (TPSA) is 97.0 Å². The minimum Gasteiger partial charge on any atom is -0.363 e. The number of nitrogens with zero attached hydrogens (tertiary/aromatic N) is 4. The summed E-state index contributed by atoms with van der Waals surface area (Å²) >= 11 is 0. The molecule has 0 radical (unpaired) electrons. The Morgan fingerprint density at radius 2 is 2.16 bits per heavy atom. The van der Waals surface area contributed by atoms with E-state index in [1.54, 1.807) is 0 Å². The molecule has 2 aromatic heterocycles. The van der Waals surface area contributed by atoms with Crippen molar-refractivity contribution in [3.05, 3.63) is 47.2 Å². The number of primary amides is 1. The number of carbonyl (C=O) groups is 1. The first-order chi connectivity index (χ1) is 12.0. The van der Waals surface area contributed by atoms with Crippen LogP contribution >= 0.6 is 0 Å². The molecule has 25 heavy (non-hydrogen) atoms. The molecule has 3 heterocycles. The fourth-order valence-corrected chi connectivity index (χ4v) is 3.19. The normalized spacial score (nSPS) is 18.4. The van der Waals surface area contributed by atoms with Crippen LogP contribution in [0.1, 0.15) is 47.0 Å². The second kappa shape index (κ2) is 7.14. The van der Waals surface area contributed by atoms with Crippen LogP contribution in [-0.4, -0.2) is 40.0 Å². The van der Waals surface area contributed by atoms with Crippen molar-refractivity contribution in [1.29, 1.82) is 0 Å². The van der Waals surface area contributed by atoms with E-state index in [9.17, 15) is 4.79 Å². The smallest absolute Gasteiger partial charge is 0.286 e. The Bertz CT molecular complexity index is 764. The second-order valence-corrected chi connectivity index (χ2v) is 6.52. The molecule has 0 bridgehead atoms. The molecule has 2 aromatic rings. The van der Waals surface area contributed by atoms with E-state index in [4.69, 9.17) is 5.73 Å². The maximum Gasteiger partial charge on any atom is 0.286 e. The van der Waals surface area contributed by atoms with Gasteiger partial charge in [0.25, 0.3) is 5.91 Å². The molecule has 1 unspecified atom stereocenters. The van der Waals surface area contributed by atoms with Crippen molar-refractivity contribution in [3.63, 3.8) is 0 Å². The lowest BCUT2D eigenvalue weighted by Gasteiger charge is -2.22. The van der Waals surface area contributed by atoms with Gasteiger partial charge in [-0.2, -0.15) is 0 Å². The third-order valence-corrected chi connectivity index (χ3v) is 4.69. The fourth-order valence-electron chi connectivity index (χ4n) is 3.19. The van der Waals surface area contributed by atoms with Gasteiger partial charge in [0.1, 0.15) is 5.82 Å². The summed E-state index contributed by atoms with van der Waals surface area (Å²) < 4.78 is 0. The summed E-state index contributed by atoms with van der Waals surface area (Å²) in [6, 6.07) is 6.47. The average Bonchev–Trinajstić information content (AvgIpc) is 3.06. The standard InChI is InChI=1S/C18H24N6O/c1-11-12(2)22-17(16(19)25)23-18(11)24-9-7-14(10-24)21-13(3)15-6-4-5-8-20-15/h4-6,8,13-14,21H,7,9-10H2,1-3H3,(H2,19,25)/t13?,14-/m1/s1. The zero-order valence-corrected chi connectivity index (χ0v) is 14.9. The Balaban J connectivity index is 1.72. The summed E-state index contributed by atoms with van der Waals surface area (Å²) in [5.41, 5.74) is 8.17. The highest BCUT2D eigenvalue weighted by Crippen LogP contribution is 2.25. The van der Waals surface area contributed by atoms with Crippen molar-refractivity contribution in [2.75, 3.05) is 18.0 Å². The van der Waals surface area contributed by atoms with Crippen LogP contribution in [0.3, 0.4) is 0 Å². The van der Waals surface area contributed by atoms with E-state index in [1.807, 2.05) is 38.2 Å². The average molecular weight is 340 g/mol. The predicted octanol–water partition coefficient (Wildman–Crippen LogP) is 1.52. The molecule has 0 saturated carbocycles. The summed E-state index contributed by atoms with van der Waals surface area (Å²) in [5.74, 6) is 0.287. The van der Waals surface area contributed by atoms with E-state index in [0.29, 0.717) is 6.04 Å². The molecule has 3 rings (SSSR count). The Morgan fingerprint density at radius 1 is 1.36 bits per heavy atom. The van der Waals surface area contributed by atoms with Crippen molar-refractivity contribution in [3.8, 4) is 0 Å². The Labute approximate surface area is 147 Å². The van der Waals surface area contributed by atoms with Crippen molar-refractivity contribution < 1.29 is 4.79 Å². The summed E-state index contributed by atoms with van der Waals surface area (Å²) in [7, 11) is 0. The lowest BCUT2D eigenvalue weighted by atomic mass is 10.1. The van der Waals surface area contributed by atoms with E-state index < -0.39 is 5.91 Å². The van der Waals surface area contributed by atoms with Gasteiger partial charge in [0.15, 0.2) is 0 Å². The maximum atomic E-state index is 11.5. The van der Waals surface area contributed by atoms with Crippen LogP contribution in [-0.2, 0) is 0 Å². The number of pyridine rings is 1. The van der Waals surface area contributed by atoms with Crippen LogP contribution in [0.5, 0.6) is 0 Å². The molecular formula is C18H24N6O. The van der Waals surface area contributed by atoms with Crippen LogP contribution in [0.4, 0.5) is 5.82 Å². The molecule has 1 fully saturated rings. The first kappa shape index (κ1) is 17.3. The lowest BCUT2D eigenvalue weighted by Crippen LogP contribution is -2.35. The molecule has 7 nitrogen and oxygen atoms in total. The Kier molecular flexibility index (Phi) is 4.94. The molecule has 0 aromatic carbocycles. The Hall–Kier alpha value is -2.54. The number of aromatic nitrogens is 3. The molecule has 1 aliphatic heterocycles. The van der Waals surface area contributed by atoms with Gasteiger partial charge < -0.3 is 16.0 Å². The number of carbonyl (C=O) groups excluding carboxylic acids is 1. The number of nitrogens with one attached hydrogen (secondary N) is 1. The summed E-state index contributed by atoms with van der Waals surface area (Å²) in [4.78, 5) is 26.6. The Morgan fingerprint density at radius 3 is 2.84 bits per heavy atom. The zero-order chi connectivity index (χ0) is 18.0. The largest absolute Gasteiger partial charge is 0.363 e. The van der Waals surface area contributed by atoms with Gasteiger partial charge in [0.05, 0.1) is 5.69 Å². The highest BCUT2D eigenvalue weighted by molar-refractivity contribution is 5.89. The van der Waals surface area contributed by atoms with Crippen molar-refractivity contribution in [1.82, 2.24) is 20.3 Å². The van der Waals surface area contributed by atoms with Crippen LogP contribution in [0, 0.1) is 13.8 Å². The summed E-state index contributed by atoms with van der Waals surface area (Å²) in [6.07, 6.45) is 2.82. The molecule has 1 amide bonds. The van der Waals surface area contributed by atoms with E-state index >= 15 is 0 Å². The van der Waals surface area contributed by atoms with Crippen LogP contribution < -0.4 is 16.0 Å². The fraction of sp³-hybridized carbons (Fsp3) is 0.444. The lowest BCUT2D eigenvalue weighted by molar-refractivity contribution is 0.0990. The minimum absolute atomic E-state index is 0.0800. The van der Waals surface area contributed by atoms with Gasteiger partial charge in [0, 0.05) is 42.6 Å². The molecule has 0 spiro atoms. The van der Waals surface area contributed by atoms with Gasteiger partial charge in [-0.05, 0) is 39.3 Å². The number of hydrogen-bond acceptors (Lipinski definition) is 6. The number of amides is 1. The number of aryl methyl sites for hydroxylation is 1. The van der Waals surface area contributed by atoms with Gasteiger partial charge in [-0.3, -0.25) is 9.78 Å². The first-order valence-electron chi connectivity index (χ1n) is 8.52. The first-order valence-corrected chi connectivity index (χ1v) is 8.52. The number of hydrogen-bond donors (Lipinski definition) is 2. The molecule has 2 atom stereocenters. The maximum absolute atomic E-state index is 11.5. The van der Waals surface area contributed by atoms with Gasteiger partial charge in [-0.25, -0.2) is 9.97 Å². The molecule has 1 saturated heterocycles. The quantitative estimate of drug-likeness (QED) is 0.856. The predicted molar refractivity (Wildman–Crippen MR) is 96.4 cm³/mol. The van der Waals surface area contributed by atoms with Crippen LogP contribution in [0.25, 0.3) is 0 Å². The number of rotatable bonds is 5. The monoisotopic (exact) mass is 340 g/mol. The second-order valence-electron chi connectivity index (χ2n) is 6.52. The highest BCUT2D eigenvalue weighted by atomic mass is 16.1. The van der Waals surface area contributed by atoms with Gasteiger partial charge in [-0.15, -0.1) is 0 Å². The van der Waals surface area contributed by atoms with Gasteiger partial charge in [-0.1, -0.05) is 6.07 Å². The van der Waals surface area contributed by atoms with E-state index in [2.05, 4.69) is 32.1 Å².